The Balaban J connectivity index is 3.13. The minimum Gasteiger partial charge on any atom is -0.501 e. The SMILES string of the molecule is N#[N+]c1c(O)c2c(S(=O)(=O)O)cccc2oc1=O. The zero-order valence-electron chi connectivity index (χ0n) is 8.56. The largest absolute Gasteiger partial charge is 0.510 e. The van der Waals surface area contributed by atoms with Crippen LogP contribution in [0.5, 0.6) is 5.75 Å². The predicted octanol–water partition coefficient (Wildman–Crippen LogP) is 1.23. The van der Waals surface area contributed by atoms with Crippen molar-refractivity contribution < 1.29 is 22.5 Å². The molecule has 1 aromatic carbocycles. The molecular weight excluding hydrogens is 264 g/mol. The molecule has 0 unspecified atom stereocenters. The molecule has 8 nitrogen and oxygen atoms in total. The number of aromatic hydroxyl groups is 1. The zero-order valence-corrected chi connectivity index (χ0v) is 9.38. The summed E-state index contributed by atoms with van der Waals surface area (Å²) in [6.07, 6.45) is 0. The maximum absolute atomic E-state index is 11.3. The molecule has 2 N–H and O–H groups in total. The van der Waals surface area contributed by atoms with Crippen molar-refractivity contribution in [1.82, 2.24) is 0 Å². The van der Waals surface area contributed by atoms with E-state index in [0.29, 0.717) is 0 Å². The molecule has 0 radical (unpaired) electrons. The Morgan fingerprint density at radius 1 is 1.33 bits per heavy atom. The standard InChI is InChI=1S/C9H4N2O6S/c10-11-7-8(12)6-4(17-9(7)13)2-1-3-5(6)18(14,15)16/h1-3H,(H-,12,13,14,15,16)/p+1. The molecule has 0 saturated carbocycles. The molecule has 0 saturated heterocycles. The van der Waals surface area contributed by atoms with E-state index in [9.17, 15) is 18.3 Å². The van der Waals surface area contributed by atoms with Crippen LogP contribution in [0.4, 0.5) is 5.69 Å². The van der Waals surface area contributed by atoms with E-state index < -0.39 is 37.5 Å². The molecule has 0 atom stereocenters. The Kier molecular flexibility index (Phi) is 2.54. The molecule has 1 aromatic heterocycles. The molecule has 0 aliphatic carbocycles. The molecule has 0 amide bonds. The maximum Gasteiger partial charge on any atom is 0.510 e. The maximum atomic E-state index is 11.3. The van der Waals surface area contributed by atoms with Crippen LogP contribution in [0.1, 0.15) is 0 Å². The fourth-order valence-electron chi connectivity index (χ4n) is 1.50. The van der Waals surface area contributed by atoms with Gasteiger partial charge in [0.25, 0.3) is 10.1 Å². The Hall–Kier alpha value is -2.44. The first-order valence-corrected chi connectivity index (χ1v) is 5.91. The molecule has 0 aliphatic heterocycles. The van der Waals surface area contributed by atoms with Crippen LogP contribution in [0.3, 0.4) is 0 Å². The van der Waals surface area contributed by atoms with Crippen LogP contribution in [0, 0.1) is 5.39 Å². The van der Waals surface area contributed by atoms with Gasteiger partial charge in [0.1, 0.15) is 10.5 Å². The van der Waals surface area contributed by atoms with Crippen molar-refractivity contribution in [3.63, 3.8) is 0 Å². The highest BCUT2D eigenvalue weighted by Crippen LogP contribution is 2.35. The monoisotopic (exact) mass is 269 g/mol. The number of hydrogen-bond acceptors (Lipinski definition) is 6. The van der Waals surface area contributed by atoms with Crippen LogP contribution in [0.25, 0.3) is 15.9 Å². The summed E-state index contributed by atoms with van der Waals surface area (Å²) in [7, 11) is -4.64. The van der Waals surface area contributed by atoms with Gasteiger partial charge in [-0.05, 0) is 12.1 Å². The first-order chi connectivity index (χ1) is 8.36. The summed E-state index contributed by atoms with van der Waals surface area (Å²) < 4.78 is 35.9. The highest BCUT2D eigenvalue weighted by Gasteiger charge is 2.29. The summed E-state index contributed by atoms with van der Waals surface area (Å²) in [6, 6.07) is 3.43. The first kappa shape index (κ1) is 12.0. The van der Waals surface area contributed by atoms with Gasteiger partial charge in [-0.2, -0.15) is 8.42 Å². The number of hydrogen-bond donors (Lipinski definition) is 2. The van der Waals surface area contributed by atoms with Gasteiger partial charge in [0, 0.05) is 0 Å². The molecule has 2 aromatic rings. The number of benzene rings is 1. The van der Waals surface area contributed by atoms with Crippen molar-refractivity contribution in [3.8, 4) is 5.75 Å². The van der Waals surface area contributed by atoms with E-state index in [-0.39, 0.29) is 5.58 Å². The Morgan fingerprint density at radius 2 is 2.00 bits per heavy atom. The lowest BCUT2D eigenvalue weighted by Crippen LogP contribution is -2.03. The summed E-state index contributed by atoms with van der Waals surface area (Å²) in [5.74, 6) is -0.892. The lowest BCUT2D eigenvalue weighted by molar-refractivity contribution is 0.466. The van der Waals surface area contributed by atoms with Crippen LogP contribution in [0.2, 0.25) is 0 Å². The second-order valence-corrected chi connectivity index (χ2v) is 4.68. The molecule has 92 valence electrons. The van der Waals surface area contributed by atoms with Gasteiger partial charge < -0.3 is 9.52 Å². The minimum absolute atomic E-state index is 0.264. The third-order valence-corrected chi connectivity index (χ3v) is 3.12. The van der Waals surface area contributed by atoms with Crippen LogP contribution in [-0.4, -0.2) is 18.1 Å². The number of fused-ring (bicyclic) bond motifs is 1. The van der Waals surface area contributed by atoms with E-state index in [0.717, 1.165) is 6.07 Å². The van der Waals surface area contributed by atoms with Gasteiger partial charge in [-0.3, -0.25) is 4.55 Å². The molecule has 0 spiro atoms. The third kappa shape index (κ3) is 1.69. The third-order valence-electron chi connectivity index (χ3n) is 2.22. The zero-order chi connectivity index (χ0) is 13.5. The summed E-state index contributed by atoms with van der Waals surface area (Å²) in [6.45, 7) is 0. The number of nitrogens with zero attached hydrogens (tertiary/aromatic N) is 2. The van der Waals surface area contributed by atoms with E-state index in [1.165, 1.54) is 12.1 Å². The highest BCUT2D eigenvalue weighted by molar-refractivity contribution is 7.86. The average Bonchev–Trinajstić information content (AvgIpc) is 2.27. The van der Waals surface area contributed by atoms with Gasteiger partial charge in [0.05, 0.1) is 5.39 Å². The summed E-state index contributed by atoms with van der Waals surface area (Å²) in [4.78, 5) is 13.1. The van der Waals surface area contributed by atoms with Crippen LogP contribution in [-0.2, 0) is 10.1 Å². The second kappa shape index (κ2) is 3.80. The summed E-state index contributed by atoms with van der Waals surface area (Å²) >= 11 is 0. The van der Waals surface area contributed by atoms with Crippen molar-refractivity contribution in [2.45, 2.75) is 4.90 Å². The first-order valence-electron chi connectivity index (χ1n) is 4.47. The number of rotatable bonds is 1. The Bertz CT molecular complexity index is 846. The lowest BCUT2D eigenvalue weighted by atomic mass is 10.2. The summed E-state index contributed by atoms with van der Waals surface area (Å²) in [5, 5.41) is 17.8. The molecule has 9 heteroatoms. The van der Waals surface area contributed by atoms with E-state index in [2.05, 4.69) is 9.39 Å². The second-order valence-electron chi connectivity index (χ2n) is 3.29. The highest BCUT2D eigenvalue weighted by atomic mass is 32.2. The van der Waals surface area contributed by atoms with Gasteiger partial charge in [-0.1, -0.05) is 6.07 Å². The van der Waals surface area contributed by atoms with E-state index in [1.54, 1.807) is 0 Å². The van der Waals surface area contributed by atoms with E-state index >= 15 is 0 Å². The lowest BCUT2D eigenvalue weighted by Gasteiger charge is -2.02. The quantitative estimate of drug-likeness (QED) is 0.451. The minimum atomic E-state index is -4.64. The molecule has 0 aliphatic rings. The molecule has 1 heterocycles. The average molecular weight is 269 g/mol. The van der Waals surface area contributed by atoms with Crippen LogP contribution >= 0.6 is 0 Å². The van der Waals surface area contributed by atoms with Crippen molar-refractivity contribution >= 4 is 26.8 Å². The Morgan fingerprint density at radius 3 is 2.56 bits per heavy atom. The Labute approximate surface area is 99.5 Å². The smallest absolute Gasteiger partial charge is 0.501 e. The molecule has 18 heavy (non-hydrogen) atoms. The molecule has 2 rings (SSSR count). The van der Waals surface area contributed by atoms with Gasteiger partial charge >= 0.3 is 11.3 Å². The van der Waals surface area contributed by atoms with Crippen molar-refractivity contribution in [2.75, 3.05) is 0 Å². The molecule has 0 fully saturated rings. The van der Waals surface area contributed by atoms with Crippen molar-refractivity contribution in [1.29, 1.82) is 5.39 Å². The van der Waals surface area contributed by atoms with Crippen LogP contribution < -0.4 is 5.63 Å². The fraction of sp³-hybridized carbons (Fsp3) is 0. The van der Waals surface area contributed by atoms with E-state index in [4.69, 9.17) is 9.95 Å². The van der Waals surface area contributed by atoms with Crippen LogP contribution in [0.15, 0.2) is 32.3 Å². The van der Waals surface area contributed by atoms with Gasteiger partial charge in [-0.25, -0.2) is 4.79 Å². The topological polar surface area (TPSA) is 133 Å². The normalized spacial score (nSPS) is 11.3. The van der Waals surface area contributed by atoms with Gasteiger partial charge in [0.2, 0.25) is 11.1 Å². The summed E-state index contributed by atoms with van der Waals surface area (Å²) in [5.41, 5.74) is -2.26. The molecular formula is C9H5N2O6S+. The van der Waals surface area contributed by atoms with Gasteiger partial charge in [-0.15, -0.1) is 0 Å². The predicted molar refractivity (Wildman–Crippen MR) is 58.7 cm³/mol. The molecule has 0 bridgehead atoms. The van der Waals surface area contributed by atoms with Crippen molar-refractivity contribution in [2.24, 2.45) is 0 Å². The van der Waals surface area contributed by atoms with Crippen molar-refractivity contribution in [3.05, 3.63) is 33.6 Å². The number of diazo groups is 1. The fourth-order valence-corrected chi connectivity index (χ4v) is 2.20. The van der Waals surface area contributed by atoms with Gasteiger partial charge in [0.15, 0.2) is 4.98 Å². The van der Waals surface area contributed by atoms with E-state index in [1.807, 2.05) is 0 Å².